The third-order valence-corrected chi connectivity index (χ3v) is 8.55. The monoisotopic (exact) mass is 413 g/mol. The molecule has 4 nitrogen and oxygen atoms in total. The number of likely N-dealkylation sites (tertiary alicyclic amines) is 1. The van der Waals surface area contributed by atoms with Crippen LogP contribution in [0.25, 0.3) is 11.1 Å². The fraction of sp³-hybridized carbons (Fsp3) is 0.458. The molecule has 0 radical (unpaired) electrons. The number of amides is 1. The molecule has 0 atom stereocenters. The van der Waals surface area contributed by atoms with Gasteiger partial charge in [0.2, 0.25) is 5.91 Å². The van der Waals surface area contributed by atoms with Gasteiger partial charge in [-0.15, -0.1) is 0 Å². The summed E-state index contributed by atoms with van der Waals surface area (Å²) in [4.78, 5) is 14.6. The summed E-state index contributed by atoms with van der Waals surface area (Å²) in [6.07, 6.45) is 1.90. The van der Waals surface area contributed by atoms with E-state index in [9.17, 15) is 13.2 Å². The Balaban J connectivity index is 1.52. The van der Waals surface area contributed by atoms with E-state index in [1.807, 2.05) is 35.2 Å². The zero-order valence-electron chi connectivity index (χ0n) is 17.6. The van der Waals surface area contributed by atoms with Crippen molar-refractivity contribution in [2.24, 2.45) is 5.92 Å². The molecule has 0 saturated carbocycles. The first-order valence-electron chi connectivity index (χ1n) is 10.3. The van der Waals surface area contributed by atoms with Crippen molar-refractivity contribution < 1.29 is 13.2 Å². The van der Waals surface area contributed by atoms with Gasteiger partial charge < -0.3 is 4.90 Å². The second-order valence-electron chi connectivity index (χ2n) is 8.96. The number of benzene rings is 2. The van der Waals surface area contributed by atoms with Crippen LogP contribution in [-0.2, 0) is 21.1 Å². The van der Waals surface area contributed by atoms with E-state index < -0.39 is 14.6 Å². The molecular formula is C24H31NO3S. The lowest BCUT2D eigenvalue weighted by atomic mass is 9.98. The number of nitrogens with zero attached hydrogens (tertiary/aromatic N) is 1. The Kier molecular flexibility index (Phi) is 6.47. The Labute approximate surface area is 174 Å². The standard InChI is InChI=1S/C24H31NO3S/c1-24(2,3)29(27,28)18-20-13-15-25(16-14-20)23(26)17-19-9-11-22(12-10-19)21-7-5-4-6-8-21/h4-12,20H,13-18H2,1-3H3. The average molecular weight is 414 g/mol. The van der Waals surface area contributed by atoms with Gasteiger partial charge in [0.1, 0.15) is 0 Å². The van der Waals surface area contributed by atoms with E-state index >= 15 is 0 Å². The molecule has 0 bridgehead atoms. The van der Waals surface area contributed by atoms with Crippen molar-refractivity contribution in [3.63, 3.8) is 0 Å². The summed E-state index contributed by atoms with van der Waals surface area (Å²) < 4.78 is 24.1. The van der Waals surface area contributed by atoms with Crippen LogP contribution in [0.4, 0.5) is 0 Å². The van der Waals surface area contributed by atoms with E-state index in [0.29, 0.717) is 19.5 Å². The average Bonchev–Trinajstić information content (AvgIpc) is 2.68. The van der Waals surface area contributed by atoms with Gasteiger partial charge in [-0.05, 0) is 56.2 Å². The fourth-order valence-corrected chi connectivity index (χ4v) is 5.10. The maximum Gasteiger partial charge on any atom is 0.226 e. The molecule has 0 unspecified atom stereocenters. The predicted molar refractivity (Wildman–Crippen MR) is 118 cm³/mol. The summed E-state index contributed by atoms with van der Waals surface area (Å²) >= 11 is 0. The summed E-state index contributed by atoms with van der Waals surface area (Å²) in [5, 5.41) is 0. The van der Waals surface area contributed by atoms with Crippen molar-refractivity contribution in [1.29, 1.82) is 0 Å². The van der Waals surface area contributed by atoms with Gasteiger partial charge in [0.25, 0.3) is 0 Å². The van der Waals surface area contributed by atoms with Crippen molar-refractivity contribution in [2.45, 2.75) is 44.8 Å². The van der Waals surface area contributed by atoms with Crippen LogP contribution < -0.4 is 0 Å². The maximum absolute atomic E-state index is 12.7. The van der Waals surface area contributed by atoms with E-state index in [0.717, 1.165) is 29.5 Å². The molecule has 1 aliphatic heterocycles. The molecule has 1 saturated heterocycles. The molecule has 2 aromatic rings. The van der Waals surface area contributed by atoms with Crippen molar-refractivity contribution >= 4 is 15.7 Å². The molecule has 1 fully saturated rings. The number of carbonyl (C=O) groups is 1. The Morgan fingerprint density at radius 2 is 1.48 bits per heavy atom. The topological polar surface area (TPSA) is 54.5 Å². The van der Waals surface area contributed by atoms with Crippen LogP contribution in [-0.4, -0.2) is 42.8 Å². The lowest BCUT2D eigenvalue weighted by Crippen LogP contribution is -2.42. The first-order valence-corrected chi connectivity index (χ1v) is 12.0. The van der Waals surface area contributed by atoms with Gasteiger partial charge in [0, 0.05) is 13.1 Å². The molecule has 29 heavy (non-hydrogen) atoms. The number of rotatable bonds is 5. The van der Waals surface area contributed by atoms with Crippen molar-refractivity contribution in [1.82, 2.24) is 4.90 Å². The third-order valence-electron chi connectivity index (χ3n) is 5.77. The van der Waals surface area contributed by atoms with Gasteiger partial charge in [-0.2, -0.15) is 0 Å². The Morgan fingerprint density at radius 1 is 0.931 bits per heavy atom. The lowest BCUT2D eigenvalue weighted by Gasteiger charge is -2.33. The predicted octanol–water partition coefficient (Wildman–Crippen LogP) is 4.35. The molecule has 3 rings (SSSR count). The smallest absolute Gasteiger partial charge is 0.226 e. The molecular weight excluding hydrogens is 382 g/mol. The quantitative estimate of drug-likeness (QED) is 0.732. The highest BCUT2D eigenvalue weighted by Gasteiger charge is 2.33. The number of hydrogen-bond acceptors (Lipinski definition) is 3. The SMILES string of the molecule is CC(C)(C)S(=O)(=O)CC1CCN(C(=O)Cc2ccc(-c3ccccc3)cc2)CC1. The molecule has 0 aromatic heterocycles. The fourth-order valence-electron chi connectivity index (χ4n) is 3.64. The normalized spacial score (nSPS) is 16.0. The molecule has 5 heteroatoms. The van der Waals surface area contributed by atoms with E-state index in [1.165, 1.54) is 0 Å². The van der Waals surface area contributed by atoms with Crippen molar-refractivity contribution in [3.05, 3.63) is 60.2 Å². The lowest BCUT2D eigenvalue weighted by molar-refractivity contribution is -0.131. The number of piperidine rings is 1. The minimum atomic E-state index is -3.11. The van der Waals surface area contributed by atoms with E-state index in [2.05, 4.69) is 24.3 Å². The van der Waals surface area contributed by atoms with E-state index in [4.69, 9.17) is 0 Å². The Morgan fingerprint density at radius 3 is 2.03 bits per heavy atom. The van der Waals surface area contributed by atoms with Gasteiger partial charge in [-0.1, -0.05) is 54.6 Å². The van der Waals surface area contributed by atoms with Gasteiger partial charge >= 0.3 is 0 Å². The molecule has 2 aromatic carbocycles. The van der Waals surface area contributed by atoms with Gasteiger partial charge in [-0.3, -0.25) is 4.79 Å². The highest BCUT2D eigenvalue weighted by atomic mass is 32.2. The van der Waals surface area contributed by atoms with Crippen LogP contribution in [0.1, 0.15) is 39.2 Å². The molecule has 0 aliphatic carbocycles. The number of sulfone groups is 1. The largest absolute Gasteiger partial charge is 0.342 e. The van der Waals surface area contributed by atoms with Crippen molar-refractivity contribution in [2.75, 3.05) is 18.8 Å². The van der Waals surface area contributed by atoms with Crippen molar-refractivity contribution in [3.8, 4) is 11.1 Å². The summed E-state index contributed by atoms with van der Waals surface area (Å²) in [7, 11) is -3.11. The highest BCUT2D eigenvalue weighted by molar-refractivity contribution is 7.92. The van der Waals surface area contributed by atoms with Crippen LogP contribution in [0.2, 0.25) is 0 Å². The molecule has 156 valence electrons. The van der Waals surface area contributed by atoms with Crippen LogP contribution >= 0.6 is 0 Å². The summed E-state index contributed by atoms with van der Waals surface area (Å²) in [5.74, 6) is 0.488. The van der Waals surface area contributed by atoms with Crippen LogP contribution in [0.3, 0.4) is 0 Å². The molecule has 0 N–H and O–H groups in total. The van der Waals surface area contributed by atoms with E-state index in [1.54, 1.807) is 20.8 Å². The molecule has 1 amide bonds. The van der Waals surface area contributed by atoms with Crippen LogP contribution in [0.15, 0.2) is 54.6 Å². The zero-order valence-corrected chi connectivity index (χ0v) is 18.4. The summed E-state index contributed by atoms with van der Waals surface area (Å²) in [6, 6.07) is 18.3. The maximum atomic E-state index is 12.7. The number of hydrogen-bond donors (Lipinski definition) is 0. The molecule has 0 spiro atoms. The Bertz CT molecular complexity index is 920. The minimum absolute atomic E-state index is 0.120. The van der Waals surface area contributed by atoms with Gasteiger partial charge in [0.15, 0.2) is 9.84 Å². The second-order valence-corrected chi connectivity index (χ2v) is 11.7. The Hall–Kier alpha value is -2.14. The number of carbonyl (C=O) groups excluding carboxylic acids is 1. The van der Waals surface area contributed by atoms with Crippen LogP contribution in [0.5, 0.6) is 0 Å². The molecule has 1 aliphatic rings. The second kappa shape index (κ2) is 8.70. The summed E-state index contributed by atoms with van der Waals surface area (Å²) in [5.41, 5.74) is 3.31. The molecule has 1 heterocycles. The summed E-state index contributed by atoms with van der Waals surface area (Å²) in [6.45, 7) is 6.55. The van der Waals surface area contributed by atoms with E-state index in [-0.39, 0.29) is 17.6 Å². The zero-order chi connectivity index (χ0) is 21.1. The van der Waals surface area contributed by atoms with Crippen LogP contribution in [0, 0.1) is 5.92 Å². The van der Waals surface area contributed by atoms with Gasteiger partial charge in [-0.25, -0.2) is 8.42 Å². The highest BCUT2D eigenvalue weighted by Crippen LogP contribution is 2.25. The van der Waals surface area contributed by atoms with Gasteiger partial charge in [0.05, 0.1) is 16.9 Å². The minimum Gasteiger partial charge on any atom is -0.342 e. The first-order chi connectivity index (χ1) is 13.7. The third kappa shape index (κ3) is 5.47. The first kappa shape index (κ1) is 21.6.